The van der Waals surface area contributed by atoms with E-state index >= 15 is 0 Å². The van der Waals surface area contributed by atoms with Crippen LogP contribution < -0.4 is 0 Å². The molecule has 0 saturated carbocycles. The summed E-state index contributed by atoms with van der Waals surface area (Å²) in [4.78, 5) is 25.0. The van der Waals surface area contributed by atoms with E-state index < -0.39 is 5.97 Å². The number of carbonyl (C=O) groups is 2. The van der Waals surface area contributed by atoms with Crippen LogP contribution in [0.1, 0.15) is 25.6 Å². The summed E-state index contributed by atoms with van der Waals surface area (Å²) in [7, 11) is 0. The molecule has 2 aromatic carbocycles. The Kier molecular flexibility index (Phi) is 3.25. The first-order chi connectivity index (χ1) is 11.2. The van der Waals surface area contributed by atoms with Crippen molar-refractivity contribution in [3.8, 4) is 0 Å². The van der Waals surface area contributed by atoms with Crippen LogP contribution in [0.15, 0.2) is 53.9 Å². The number of benzene rings is 2. The molecular weight excluding hydrogens is 328 g/mol. The first-order valence-corrected chi connectivity index (χ1v) is 8.62. The van der Waals surface area contributed by atoms with E-state index in [-0.39, 0.29) is 11.3 Å². The fourth-order valence-electron chi connectivity index (χ4n) is 2.69. The Morgan fingerprint density at radius 2 is 1.52 bits per heavy atom. The highest BCUT2D eigenvalue weighted by atomic mass is 32.1. The van der Waals surface area contributed by atoms with Gasteiger partial charge in [0.1, 0.15) is 0 Å². The van der Waals surface area contributed by atoms with Crippen molar-refractivity contribution in [1.29, 1.82) is 0 Å². The molecule has 4 rings (SSSR count). The molecule has 3 nitrogen and oxygen atoms in total. The number of aromatic carboxylic acids is 1. The maximum Gasteiger partial charge on any atom is 0.337 e. The van der Waals surface area contributed by atoms with Crippen LogP contribution in [0.25, 0.3) is 20.2 Å². The van der Waals surface area contributed by atoms with E-state index in [1.54, 1.807) is 12.1 Å². The van der Waals surface area contributed by atoms with Crippen molar-refractivity contribution in [3.63, 3.8) is 0 Å². The molecule has 0 atom stereocenters. The Balaban J connectivity index is 1.97. The van der Waals surface area contributed by atoms with Gasteiger partial charge in [0.25, 0.3) is 0 Å². The van der Waals surface area contributed by atoms with E-state index in [1.807, 2.05) is 41.8 Å². The first-order valence-electron chi connectivity index (χ1n) is 6.92. The number of carboxylic acid groups (broad SMARTS) is 1. The summed E-state index contributed by atoms with van der Waals surface area (Å²) in [6, 6.07) is 14.9. The lowest BCUT2D eigenvalue weighted by Crippen LogP contribution is -2.06. The normalized spacial score (nSPS) is 11.1. The number of carboxylic acids is 1. The molecule has 0 fully saturated rings. The van der Waals surface area contributed by atoms with Crippen molar-refractivity contribution in [2.45, 2.75) is 0 Å². The van der Waals surface area contributed by atoms with Gasteiger partial charge in [0, 0.05) is 31.1 Å². The van der Waals surface area contributed by atoms with Crippen LogP contribution in [0.4, 0.5) is 0 Å². The molecule has 0 bridgehead atoms. The predicted molar refractivity (Wildman–Crippen MR) is 94.0 cm³/mol. The van der Waals surface area contributed by atoms with E-state index in [0.29, 0.717) is 15.8 Å². The molecule has 2 heterocycles. The van der Waals surface area contributed by atoms with Gasteiger partial charge in [0.05, 0.1) is 10.4 Å². The zero-order chi connectivity index (χ0) is 16.0. The number of fused-ring (bicyclic) bond motifs is 2. The molecule has 0 radical (unpaired) electrons. The lowest BCUT2D eigenvalue weighted by Gasteiger charge is -1.99. The molecule has 2 aromatic heterocycles. The molecule has 1 N–H and O–H groups in total. The summed E-state index contributed by atoms with van der Waals surface area (Å²) in [5, 5.41) is 12.9. The molecule has 23 heavy (non-hydrogen) atoms. The van der Waals surface area contributed by atoms with Gasteiger partial charge >= 0.3 is 5.97 Å². The standard InChI is InChI=1S/C18H10O3S2/c19-16(12-9-22-13-7-3-1-5-10(12)13)17-15(18(20)21)11-6-2-4-8-14(11)23-17/h1-9H,(H,20,21). The summed E-state index contributed by atoms with van der Waals surface area (Å²) in [6.07, 6.45) is 0. The van der Waals surface area contributed by atoms with Crippen LogP contribution in [-0.2, 0) is 0 Å². The molecule has 5 heteroatoms. The molecule has 0 aliphatic rings. The van der Waals surface area contributed by atoms with Gasteiger partial charge in [-0.25, -0.2) is 4.79 Å². The second kappa shape index (κ2) is 5.30. The lowest BCUT2D eigenvalue weighted by atomic mass is 10.0. The van der Waals surface area contributed by atoms with E-state index in [1.165, 1.54) is 22.7 Å². The van der Waals surface area contributed by atoms with Crippen LogP contribution in [0.2, 0.25) is 0 Å². The fraction of sp³-hybridized carbons (Fsp3) is 0. The van der Waals surface area contributed by atoms with Crippen molar-refractivity contribution in [3.05, 3.63) is 69.9 Å². The maximum atomic E-state index is 13.0. The summed E-state index contributed by atoms with van der Waals surface area (Å²) in [6.45, 7) is 0. The highest BCUT2D eigenvalue weighted by Gasteiger charge is 2.25. The number of carbonyl (C=O) groups excluding carboxylic acids is 1. The van der Waals surface area contributed by atoms with Crippen LogP contribution in [0, 0.1) is 0 Å². The summed E-state index contributed by atoms with van der Waals surface area (Å²) < 4.78 is 1.83. The minimum atomic E-state index is -1.06. The van der Waals surface area contributed by atoms with Crippen LogP contribution in [-0.4, -0.2) is 16.9 Å². The summed E-state index contributed by atoms with van der Waals surface area (Å²) in [5.41, 5.74) is 0.672. The second-order valence-electron chi connectivity index (χ2n) is 5.08. The Hall–Kier alpha value is -2.50. The highest BCUT2D eigenvalue weighted by molar-refractivity contribution is 7.22. The lowest BCUT2D eigenvalue weighted by molar-refractivity contribution is 0.0696. The van der Waals surface area contributed by atoms with Crippen molar-refractivity contribution in [2.75, 3.05) is 0 Å². The average molecular weight is 338 g/mol. The topological polar surface area (TPSA) is 54.4 Å². The monoisotopic (exact) mass is 338 g/mol. The Morgan fingerprint density at radius 1 is 0.870 bits per heavy atom. The predicted octanol–water partition coefficient (Wildman–Crippen LogP) is 5.05. The molecule has 0 aliphatic carbocycles. The van der Waals surface area contributed by atoms with Crippen molar-refractivity contribution < 1.29 is 14.7 Å². The maximum absolute atomic E-state index is 13.0. The average Bonchev–Trinajstić information content (AvgIpc) is 3.15. The first kappa shape index (κ1) is 14.1. The molecule has 0 saturated heterocycles. The van der Waals surface area contributed by atoms with E-state index in [2.05, 4.69) is 0 Å². The van der Waals surface area contributed by atoms with Crippen LogP contribution >= 0.6 is 22.7 Å². The number of hydrogen-bond acceptors (Lipinski definition) is 4. The second-order valence-corrected chi connectivity index (χ2v) is 7.05. The zero-order valence-electron chi connectivity index (χ0n) is 11.8. The zero-order valence-corrected chi connectivity index (χ0v) is 13.4. The van der Waals surface area contributed by atoms with Crippen LogP contribution in [0.5, 0.6) is 0 Å². The third kappa shape index (κ3) is 2.17. The summed E-state index contributed by atoms with van der Waals surface area (Å²) >= 11 is 2.74. The highest BCUT2D eigenvalue weighted by Crippen LogP contribution is 2.35. The van der Waals surface area contributed by atoms with E-state index in [0.717, 1.165) is 14.8 Å². The largest absolute Gasteiger partial charge is 0.478 e. The minimum absolute atomic E-state index is 0.103. The molecule has 0 amide bonds. The van der Waals surface area contributed by atoms with Crippen molar-refractivity contribution in [2.24, 2.45) is 0 Å². The Morgan fingerprint density at radius 3 is 2.26 bits per heavy atom. The molecule has 0 aliphatic heterocycles. The Labute approximate surface area is 139 Å². The fourth-order valence-corrected chi connectivity index (χ4v) is 4.78. The van der Waals surface area contributed by atoms with Crippen molar-refractivity contribution in [1.82, 2.24) is 0 Å². The summed E-state index contributed by atoms with van der Waals surface area (Å²) in [5.74, 6) is -1.29. The number of thiophene rings is 2. The molecule has 0 unspecified atom stereocenters. The molecule has 0 spiro atoms. The number of ketones is 1. The molecule has 112 valence electrons. The van der Waals surface area contributed by atoms with Gasteiger partial charge in [0.2, 0.25) is 5.78 Å². The molecule has 4 aromatic rings. The smallest absolute Gasteiger partial charge is 0.337 e. The van der Waals surface area contributed by atoms with Gasteiger partial charge in [-0.1, -0.05) is 36.4 Å². The van der Waals surface area contributed by atoms with E-state index in [9.17, 15) is 14.7 Å². The number of rotatable bonds is 3. The quantitative estimate of drug-likeness (QED) is 0.532. The molecular formula is C18H10O3S2. The third-order valence-electron chi connectivity index (χ3n) is 3.74. The van der Waals surface area contributed by atoms with E-state index in [4.69, 9.17) is 0 Å². The minimum Gasteiger partial charge on any atom is -0.478 e. The van der Waals surface area contributed by atoms with Gasteiger partial charge in [0.15, 0.2) is 0 Å². The van der Waals surface area contributed by atoms with Crippen LogP contribution in [0.3, 0.4) is 0 Å². The van der Waals surface area contributed by atoms with Gasteiger partial charge in [-0.15, -0.1) is 22.7 Å². The van der Waals surface area contributed by atoms with Gasteiger partial charge in [-0.05, 0) is 12.1 Å². The van der Waals surface area contributed by atoms with Gasteiger partial charge in [-0.2, -0.15) is 0 Å². The van der Waals surface area contributed by atoms with Crippen molar-refractivity contribution >= 4 is 54.6 Å². The Bertz CT molecular complexity index is 1070. The number of hydrogen-bond donors (Lipinski definition) is 1. The van der Waals surface area contributed by atoms with Gasteiger partial charge in [-0.3, -0.25) is 4.79 Å². The van der Waals surface area contributed by atoms with Gasteiger partial charge < -0.3 is 5.11 Å². The third-order valence-corrected chi connectivity index (χ3v) is 5.87. The SMILES string of the molecule is O=C(c1sc2ccccc2c1C(=O)O)c1csc2ccccc12.